The summed E-state index contributed by atoms with van der Waals surface area (Å²) in [4.78, 5) is 14.5. The van der Waals surface area contributed by atoms with E-state index < -0.39 is 0 Å². The number of anilines is 1. The van der Waals surface area contributed by atoms with Gasteiger partial charge in [-0.1, -0.05) is 18.2 Å². The van der Waals surface area contributed by atoms with E-state index >= 15 is 0 Å². The molecule has 2 aromatic carbocycles. The highest BCUT2D eigenvalue weighted by atomic mass is 16.5. The zero-order valence-corrected chi connectivity index (χ0v) is 19.2. The second-order valence-corrected chi connectivity index (χ2v) is 8.18. The molecule has 0 spiro atoms. The number of methoxy groups -OCH3 is 1. The molecule has 164 valence electrons. The van der Waals surface area contributed by atoms with E-state index in [0.29, 0.717) is 11.5 Å². The van der Waals surface area contributed by atoms with Crippen LogP contribution in [0.15, 0.2) is 47.6 Å². The van der Waals surface area contributed by atoms with E-state index in [1.165, 1.54) is 16.8 Å². The molecule has 0 fully saturated rings. The van der Waals surface area contributed by atoms with Gasteiger partial charge in [0.2, 0.25) is 0 Å². The van der Waals surface area contributed by atoms with Crippen molar-refractivity contribution in [1.29, 1.82) is 0 Å². The maximum atomic E-state index is 12.1. The summed E-state index contributed by atoms with van der Waals surface area (Å²) >= 11 is 0. The number of fused-ring (bicyclic) bond motifs is 1. The molecular weight excluding hydrogens is 390 g/mol. The quantitative estimate of drug-likeness (QED) is 0.526. The van der Waals surface area contributed by atoms with E-state index in [1.54, 1.807) is 25.5 Å². The molecule has 0 aliphatic carbocycles. The summed E-state index contributed by atoms with van der Waals surface area (Å²) in [6, 6.07) is 11.5. The van der Waals surface area contributed by atoms with Crippen LogP contribution in [0.4, 0.5) is 5.69 Å². The minimum absolute atomic E-state index is 0.0245. The van der Waals surface area contributed by atoms with Gasteiger partial charge in [0, 0.05) is 17.8 Å². The van der Waals surface area contributed by atoms with Gasteiger partial charge < -0.3 is 14.4 Å². The Hall–Kier alpha value is -3.28. The summed E-state index contributed by atoms with van der Waals surface area (Å²) in [6.45, 7) is 11.6. The van der Waals surface area contributed by atoms with Crippen molar-refractivity contribution in [2.45, 2.75) is 40.2 Å². The molecule has 1 heterocycles. The lowest BCUT2D eigenvalue weighted by atomic mass is 9.87. The molecule has 3 rings (SSSR count). The number of para-hydroxylation sites is 2. The zero-order valence-electron chi connectivity index (χ0n) is 19.2. The average Bonchev–Trinajstić information content (AvgIpc) is 2.73. The summed E-state index contributed by atoms with van der Waals surface area (Å²) in [5.74, 6) is 0.754. The maximum absolute atomic E-state index is 12.1. The van der Waals surface area contributed by atoms with Crippen LogP contribution in [0.1, 0.15) is 44.4 Å². The molecule has 1 aliphatic heterocycles. The normalized spacial score (nSPS) is 14.8. The Morgan fingerprint density at radius 2 is 1.90 bits per heavy atom. The Morgan fingerprint density at radius 1 is 1.19 bits per heavy atom. The fourth-order valence-corrected chi connectivity index (χ4v) is 4.05. The molecule has 0 unspecified atom stereocenters. The van der Waals surface area contributed by atoms with Crippen LogP contribution >= 0.6 is 0 Å². The molecule has 1 amide bonds. The largest absolute Gasteiger partial charge is 0.493 e. The van der Waals surface area contributed by atoms with Gasteiger partial charge in [0.05, 0.1) is 18.9 Å². The van der Waals surface area contributed by atoms with E-state index in [0.717, 1.165) is 17.7 Å². The number of amides is 1. The van der Waals surface area contributed by atoms with Gasteiger partial charge in [-0.25, -0.2) is 5.43 Å². The van der Waals surface area contributed by atoms with E-state index in [1.807, 2.05) is 12.1 Å². The van der Waals surface area contributed by atoms with Gasteiger partial charge in [0.25, 0.3) is 5.91 Å². The van der Waals surface area contributed by atoms with E-state index in [-0.39, 0.29) is 18.1 Å². The van der Waals surface area contributed by atoms with Crippen molar-refractivity contribution < 1.29 is 14.3 Å². The molecule has 0 bridgehead atoms. The number of likely N-dealkylation sites (N-methyl/N-ethyl adjacent to an activating group) is 1. The predicted molar refractivity (Wildman–Crippen MR) is 126 cm³/mol. The minimum atomic E-state index is -0.340. The topological polar surface area (TPSA) is 63.2 Å². The number of ether oxygens (including phenoxy) is 2. The van der Waals surface area contributed by atoms with Crippen molar-refractivity contribution in [3.63, 3.8) is 0 Å². The Kier molecular flexibility index (Phi) is 6.68. The van der Waals surface area contributed by atoms with Gasteiger partial charge in [0.1, 0.15) is 0 Å². The van der Waals surface area contributed by atoms with Crippen LogP contribution in [0.5, 0.6) is 11.5 Å². The molecule has 0 radical (unpaired) electrons. The third-order valence-electron chi connectivity index (χ3n) is 5.50. The first-order valence-corrected chi connectivity index (χ1v) is 10.5. The number of rotatable bonds is 7. The first-order valence-electron chi connectivity index (χ1n) is 10.5. The maximum Gasteiger partial charge on any atom is 0.277 e. The van der Waals surface area contributed by atoms with E-state index in [4.69, 9.17) is 9.47 Å². The van der Waals surface area contributed by atoms with Crippen LogP contribution < -0.4 is 19.8 Å². The molecular formula is C25H31N3O3. The second-order valence-electron chi connectivity index (χ2n) is 8.18. The molecule has 0 saturated heterocycles. The summed E-state index contributed by atoms with van der Waals surface area (Å²) in [6.07, 6.45) is 3.98. The highest BCUT2D eigenvalue weighted by Gasteiger charge is 2.30. The molecule has 6 nitrogen and oxygen atoms in total. The molecule has 0 saturated carbocycles. The lowest BCUT2D eigenvalue weighted by molar-refractivity contribution is -0.123. The summed E-state index contributed by atoms with van der Waals surface area (Å²) in [7, 11) is 1.56. The molecule has 6 heteroatoms. The van der Waals surface area contributed by atoms with Crippen LogP contribution in [-0.4, -0.2) is 37.9 Å². The fourth-order valence-electron chi connectivity index (χ4n) is 4.05. The third kappa shape index (κ3) is 4.90. The van der Waals surface area contributed by atoms with Gasteiger partial charge in [-0.2, -0.15) is 5.10 Å². The van der Waals surface area contributed by atoms with Crippen molar-refractivity contribution in [3.8, 4) is 11.5 Å². The molecule has 0 atom stereocenters. The number of nitrogens with one attached hydrogen (secondary N) is 1. The van der Waals surface area contributed by atoms with Gasteiger partial charge in [-0.15, -0.1) is 0 Å². The number of benzene rings is 2. The smallest absolute Gasteiger partial charge is 0.277 e. The summed E-state index contributed by atoms with van der Waals surface area (Å²) in [5.41, 5.74) is 8.24. The van der Waals surface area contributed by atoms with E-state index in [9.17, 15) is 4.79 Å². The van der Waals surface area contributed by atoms with Crippen LogP contribution in [0, 0.1) is 6.92 Å². The SMILES string of the molecule is CCN1c2cc(C)c(/C=N/NC(=O)COc3ccccc3OC)cc2C(C)=CC1(C)C. The number of hydrogen-bond acceptors (Lipinski definition) is 5. The van der Waals surface area contributed by atoms with Gasteiger partial charge in [0.15, 0.2) is 18.1 Å². The van der Waals surface area contributed by atoms with Crippen LogP contribution in [-0.2, 0) is 4.79 Å². The molecule has 31 heavy (non-hydrogen) atoms. The van der Waals surface area contributed by atoms with Gasteiger partial charge >= 0.3 is 0 Å². The monoisotopic (exact) mass is 421 g/mol. The van der Waals surface area contributed by atoms with Gasteiger partial charge in [-0.3, -0.25) is 4.79 Å². The molecule has 2 aromatic rings. The number of hydrogen-bond donors (Lipinski definition) is 1. The minimum Gasteiger partial charge on any atom is -0.493 e. The Bertz CT molecular complexity index is 1020. The van der Waals surface area contributed by atoms with Crippen LogP contribution in [0.3, 0.4) is 0 Å². The first-order chi connectivity index (χ1) is 14.8. The third-order valence-corrected chi connectivity index (χ3v) is 5.50. The van der Waals surface area contributed by atoms with Crippen LogP contribution in [0.2, 0.25) is 0 Å². The number of carbonyl (C=O) groups is 1. The molecule has 1 aliphatic rings. The van der Waals surface area contributed by atoms with E-state index in [2.05, 4.69) is 68.3 Å². The van der Waals surface area contributed by atoms with Crippen molar-refractivity contribution in [2.24, 2.45) is 5.10 Å². The van der Waals surface area contributed by atoms with Crippen molar-refractivity contribution >= 4 is 23.4 Å². The molecule has 1 N–H and O–H groups in total. The zero-order chi connectivity index (χ0) is 22.6. The lowest BCUT2D eigenvalue weighted by Gasteiger charge is -2.43. The number of allylic oxidation sites excluding steroid dienone is 1. The van der Waals surface area contributed by atoms with Crippen LogP contribution in [0.25, 0.3) is 5.57 Å². The first kappa shape index (κ1) is 22.4. The summed E-state index contributed by atoms with van der Waals surface area (Å²) < 4.78 is 10.7. The van der Waals surface area contributed by atoms with Gasteiger partial charge in [-0.05, 0) is 75.6 Å². The Balaban J connectivity index is 1.69. The molecule has 0 aromatic heterocycles. The number of aryl methyl sites for hydroxylation is 1. The number of nitrogens with zero attached hydrogens (tertiary/aromatic N) is 2. The number of hydrazone groups is 1. The number of carbonyl (C=O) groups excluding carboxylic acids is 1. The van der Waals surface area contributed by atoms with Crippen molar-refractivity contribution in [3.05, 3.63) is 59.2 Å². The predicted octanol–water partition coefficient (Wildman–Crippen LogP) is 4.55. The standard InChI is InChI=1S/C25H31N3O3/c1-7-28-21-12-17(2)19(13-20(21)18(3)14-25(28,4)5)15-26-27-24(29)16-31-23-11-9-8-10-22(23)30-6/h8-15H,7,16H2,1-6H3,(H,27,29)/b26-15+. The Labute approximate surface area is 184 Å². The Morgan fingerprint density at radius 3 is 2.58 bits per heavy atom. The highest BCUT2D eigenvalue weighted by Crippen LogP contribution is 2.39. The fraction of sp³-hybridized carbons (Fsp3) is 0.360. The van der Waals surface area contributed by atoms with Crippen molar-refractivity contribution in [2.75, 3.05) is 25.2 Å². The summed E-state index contributed by atoms with van der Waals surface area (Å²) in [5, 5.41) is 4.13. The highest BCUT2D eigenvalue weighted by molar-refractivity contribution is 5.90. The average molecular weight is 422 g/mol. The second kappa shape index (κ2) is 9.25. The van der Waals surface area contributed by atoms with Crippen molar-refractivity contribution in [1.82, 2.24) is 5.43 Å². The lowest BCUT2D eigenvalue weighted by Crippen LogP contribution is -2.45.